The van der Waals surface area contributed by atoms with Crippen LogP contribution in [-0.4, -0.2) is 28.1 Å². The minimum Gasteiger partial charge on any atom is -0.496 e. The predicted molar refractivity (Wildman–Crippen MR) is 92.4 cm³/mol. The van der Waals surface area contributed by atoms with Crippen molar-refractivity contribution in [3.8, 4) is 5.75 Å². The molecule has 7 heteroatoms. The number of hydrogen-bond acceptors (Lipinski definition) is 4. The van der Waals surface area contributed by atoms with Crippen LogP contribution in [0, 0.1) is 13.8 Å². The van der Waals surface area contributed by atoms with Crippen LogP contribution in [0.4, 0.5) is 0 Å². The second-order valence-electron chi connectivity index (χ2n) is 5.28. The van der Waals surface area contributed by atoms with Crippen LogP contribution < -0.4 is 15.2 Å². The van der Waals surface area contributed by atoms with Gasteiger partial charge in [0.25, 0.3) is 0 Å². The van der Waals surface area contributed by atoms with Crippen LogP contribution in [-0.2, 0) is 10.0 Å². The smallest absolute Gasteiger partial charge is 0.241 e. The average molecular weight is 351 g/mol. The molecule has 0 amide bonds. The summed E-state index contributed by atoms with van der Waals surface area (Å²) in [6.07, 6.45) is 2.71. The molecule has 1 unspecified atom stereocenters. The molecule has 0 spiro atoms. The standard InChI is InChI=1S/C15H26N2O3S.ClH/c1-5-6-7-13(10-16)17-21(18,19)15-9-11(2)14(20-4)8-12(15)3;/h8-9,13,17H,5-7,10,16H2,1-4H3;1H. The molecule has 0 aliphatic heterocycles. The Morgan fingerprint density at radius 1 is 1.27 bits per heavy atom. The number of nitrogens with one attached hydrogen (secondary N) is 1. The lowest BCUT2D eigenvalue weighted by molar-refractivity contribution is 0.411. The minimum atomic E-state index is -3.57. The van der Waals surface area contributed by atoms with Gasteiger partial charge in [-0.2, -0.15) is 0 Å². The highest BCUT2D eigenvalue weighted by molar-refractivity contribution is 7.89. The van der Waals surface area contributed by atoms with Crippen molar-refractivity contribution in [2.75, 3.05) is 13.7 Å². The fraction of sp³-hybridized carbons (Fsp3) is 0.600. The second kappa shape index (κ2) is 9.35. The fourth-order valence-corrected chi connectivity index (χ4v) is 3.83. The SMILES string of the molecule is CCCCC(CN)NS(=O)(=O)c1cc(C)c(OC)cc1C.Cl. The summed E-state index contributed by atoms with van der Waals surface area (Å²) >= 11 is 0. The minimum absolute atomic E-state index is 0. The number of benzene rings is 1. The number of halogens is 1. The first-order valence-electron chi connectivity index (χ1n) is 7.23. The van der Waals surface area contributed by atoms with Gasteiger partial charge in [0.15, 0.2) is 0 Å². The summed E-state index contributed by atoms with van der Waals surface area (Å²) in [5.74, 6) is 0.688. The quantitative estimate of drug-likeness (QED) is 0.754. The van der Waals surface area contributed by atoms with E-state index in [1.807, 2.05) is 6.92 Å². The maximum Gasteiger partial charge on any atom is 0.241 e. The molecule has 0 bridgehead atoms. The van der Waals surface area contributed by atoms with Crippen molar-refractivity contribution in [1.29, 1.82) is 0 Å². The zero-order chi connectivity index (χ0) is 16.0. The van der Waals surface area contributed by atoms with Crippen LogP contribution in [0.3, 0.4) is 0 Å². The van der Waals surface area contributed by atoms with Gasteiger partial charge in [0.2, 0.25) is 10.0 Å². The van der Waals surface area contributed by atoms with E-state index in [-0.39, 0.29) is 23.3 Å². The largest absolute Gasteiger partial charge is 0.496 e. The molecule has 3 N–H and O–H groups in total. The van der Waals surface area contributed by atoms with Gasteiger partial charge in [-0.1, -0.05) is 19.8 Å². The Bertz CT molecular complexity index is 576. The van der Waals surface area contributed by atoms with Gasteiger partial charge in [-0.3, -0.25) is 0 Å². The molecule has 0 saturated carbocycles. The first-order valence-corrected chi connectivity index (χ1v) is 8.71. The molecule has 0 aliphatic carbocycles. The highest BCUT2D eigenvalue weighted by Crippen LogP contribution is 2.25. The van der Waals surface area contributed by atoms with Crippen LogP contribution in [0.1, 0.15) is 37.3 Å². The zero-order valence-corrected chi connectivity index (χ0v) is 15.3. The molecule has 5 nitrogen and oxygen atoms in total. The summed E-state index contributed by atoms with van der Waals surface area (Å²) < 4.78 is 33.0. The highest BCUT2D eigenvalue weighted by Gasteiger charge is 2.22. The molecule has 0 fully saturated rings. The molecule has 128 valence electrons. The van der Waals surface area contributed by atoms with Crippen molar-refractivity contribution in [2.45, 2.75) is 51.0 Å². The van der Waals surface area contributed by atoms with Crippen molar-refractivity contribution in [3.63, 3.8) is 0 Å². The number of ether oxygens (including phenoxy) is 1. The summed E-state index contributed by atoms with van der Waals surface area (Å²) in [5.41, 5.74) is 7.12. The van der Waals surface area contributed by atoms with E-state index in [0.29, 0.717) is 17.9 Å². The molecular formula is C15H27ClN2O3S. The van der Waals surface area contributed by atoms with E-state index in [4.69, 9.17) is 10.5 Å². The van der Waals surface area contributed by atoms with Gasteiger partial charge in [-0.15, -0.1) is 12.4 Å². The molecule has 0 radical (unpaired) electrons. The van der Waals surface area contributed by atoms with Crippen LogP contribution in [0.2, 0.25) is 0 Å². The van der Waals surface area contributed by atoms with Gasteiger partial charge in [0, 0.05) is 12.6 Å². The summed E-state index contributed by atoms with van der Waals surface area (Å²) in [5, 5.41) is 0. The van der Waals surface area contributed by atoms with E-state index in [2.05, 4.69) is 11.6 Å². The average Bonchev–Trinajstić information content (AvgIpc) is 2.45. The lowest BCUT2D eigenvalue weighted by Gasteiger charge is -2.18. The van der Waals surface area contributed by atoms with Crippen molar-refractivity contribution in [1.82, 2.24) is 4.72 Å². The van der Waals surface area contributed by atoms with E-state index in [1.54, 1.807) is 26.2 Å². The van der Waals surface area contributed by atoms with Crippen LogP contribution in [0.25, 0.3) is 0 Å². The van der Waals surface area contributed by atoms with E-state index < -0.39 is 10.0 Å². The second-order valence-corrected chi connectivity index (χ2v) is 6.97. The van der Waals surface area contributed by atoms with Crippen molar-refractivity contribution in [2.24, 2.45) is 5.73 Å². The molecule has 1 atom stereocenters. The van der Waals surface area contributed by atoms with Gasteiger partial charge in [0.05, 0.1) is 12.0 Å². The van der Waals surface area contributed by atoms with Gasteiger partial charge in [-0.05, 0) is 43.5 Å². The van der Waals surface area contributed by atoms with Crippen molar-refractivity contribution < 1.29 is 13.2 Å². The molecule has 0 aliphatic rings. The van der Waals surface area contributed by atoms with E-state index in [9.17, 15) is 8.42 Å². The number of rotatable bonds is 8. The summed E-state index contributed by atoms with van der Waals surface area (Å²) in [4.78, 5) is 0.288. The summed E-state index contributed by atoms with van der Waals surface area (Å²) in [7, 11) is -1.99. The number of nitrogens with two attached hydrogens (primary N) is 1. The number of unbranched alkanes of at least 4 members (excludes halogenated alkanes) is 1. The Kier molecular flexibility index (Phi) is 9.00. The van der Waals surface area contributed by atoms with Crippen LogP contribution in [0.15, 0.2) is 17.0 Å². The van der Waals surface area contributed by atoms with Gasteiger partial charge >= 0.3 is 0 Å². The van der Waals surface area contributed by atoms with Gasteiger partial charge in [0.1, 0.15) is 5.75 Å². The molecular weight excluding hydrogens is 324 g/mol. The first kappa shape index (κ1) is 21.2. The normalized spacial score (nSPS) is 12.6. The Morgan fingerprint density at radius 2 is 1.91 bits per heavy atom. The number of methoxy groups -OCH3 is 1. The number of sulfonamides is 1. The third-order valence-corrected chi connectivity index (χ3v) is 5.16. The topological polar surface area (TPSA) is 81.4 Å². The fourth-order valence-electron chi connectivity index (χ4n) is 2.23. The lowest BCUT2D eigenvalue weighted by Crippen LogP contribution is -2.40. The van der Waals surface area contributed by atoms with E-state index >= 15 is 0 Å². The van der Waals surface area contributed by atoms with E-state index in [1.165, 1.54) is 0 Å². The molecule has 1 aromatic rings. The number of hydrogen-bond donors (Lipinski definition) is 2. The molecule has 0 heterocycles. The molecule has 22 heavy (non-hydrogen) atoms. The molecule has 1 rings (SSSR count). The highest BCUT2D eigenvalue weighted by atomic mass is 35.5. The van der Waals surface area contributed by atoms with Gasteiger partial charge < -0.3 is 10.5 Å². The Hall–Kier alpha value is -0.820. The van der Waals surface area contributed by atoms with Gasteiger partial charge in [-0.25, -0.2) is 13.1 Å². The third-order valence-electron chi connectivity index (χ3n) is 3.49. The van der Waals surface area contributed by atoms with Crippen LogP contribution >= 0.6 is 12.4 Å². The maximum atomic E-state index is 12.5. The summed E-state index contributed by atoms with van der Waals surface area (Å²) in [6, 6.07) is 3.16. The van der Waals surface area contributed by atoms with Crippen molar-refractivity contribution in [3.05, 3.63) is 23.3 Å². The Balaban J connectivity index is 0.00000441. The molecule has 1 aromatic carbocycles. The summed E-state index contributed by atoms with van der Waals surface area (Å²) in [6.45, 7) is 5.96. The van der Waals surface area contributed by atoms with E-state index in [0.717, 1.165) is 24.8 Å². The Morgan fingerprint density at radius 3 is 2.41 bits per heavy atom. The van der Waals surface area contributed by atoms with Crippen LogP contribution in [0.5, 0.6) is 5.75 Å². The van der Waals surface area contributed by atoms with Crippen molar-refractivity contribution >= 4 is 22.4 Å². The maximum absolute atomic E-state index is 12.5. The Labute approximate surface area is 140 Å². The molecule has 0 saturated heterocycles. The predicted octanol–water partition coefficient (Wildman–Crippen LogP) is 2.53. The third kappa shape index (κ3) is 5.43. The monoisotopic (exact) mass is 350 g/mol. The zero-order valence-electron chi connectivity index (χ0n) is 13.7. The first-order chi connectivity index (χ1) is 9.85. The molecule has 0 aromatic heterocycles. The lowest BCUT2D eigenvalue weighted by atomic mass is 10.1. The number of aryl methyl sites for hydroxylation is 2.